The van der Waals surface area contributed by atoms with Gasteiger partial charge in [-0.15, -0.1) is 0 Å². The number of hydrogen-bond donors (Lipinski definition) is 2. The molecule has 0 radical (unpaired) electrons. The quantitative estimate of drug-likeness (QED) is 0.484. The van der Waals surface area contributed by atoms with E-state index in [0.29, 0.717) is 11.7 Å². The second-order valence-corrected chi connectivity index (χ2v) is 5.75. The molecule has 0 aliphatic carbocycles. The van der Waals surface area contributed by atoms with Crippen molar-refractivity contribution in [2.75, 3.05) is 0 Å². The molecule has 0 spiro atoms. The van der Waals surface area contributed by atoms with Crippen LogP contribution < -0.4 is 15.5 Å². The van der Waals surface area contributed by atoms with E-state index >= 15 is 0 Å². The summed E-state index contributed by atoms with van der Waals surface area (Å²) in [5.41, 5.74) is 4.90. The fourth-order valence-corrected chi connectivity index (χ4v) is 2.14. The molecule has 5 heteroatoms. The number of nitrogens with one attached hydrogen (secondary N) is 2. The molecule has 23 heavy (non-hydrogen) atoms. The van der Waals surface area contributed by atoms with Crippen LogP contribution in [-0.4, -0.2) is 17.4 Å². The lowest BCUT2D eigenvalue weighted by molar-refractivity contribution is 0.306. The van der Waals surface area contributed by atoms with Crippen LogP contribution in [0, 0.1) is 0 Å². The van der Waals surface area contributed by atoms with Crippen LogP contribution in [-0.2, 0) is 6.61 Å². The van der Waals surface area contributed by atoms with Crippen molar-refractivity contribution in [1.29, 1.82) is 0 Å². The predicted molar refractivity (Wildman–Crippen MR) is 98.8 cm³/mol. The summed E-state index contributed by atoms with van der Waals surface area (Å²) >= 11 is 5.09. The highest BCUT2D eigenvalue weighted by Crippen LogP contribution is 2.13. The van der Waals surface area contributed by atoms with Crippen LogP contribution in [0.1, 0.15) is 25.0 Å². The summed E-state index contributed by atoms with van der Waals surface area (Å²) < 4.78 is 5.74. The Morgan fingerprint density at radius 3 is 2.48 bits per heavy atom. The van der Waals surface area contributed by atoms with Crippen molar-refractivity contribution in [2.45, 2.75) is 26.5 Å². The van der Waals surface area contributed by atoms with Crippen LogP contribution >= 0.6 is 12.2 Å². The standard InChI is InChI=1S/C18H21N3OS/c1-14(2)20-18(23)21-19-12-15-8-10-17(11-9-15)22-13-16-6-4-3-5-7-16/h3-12,14H,13H2,1-2H3,(H2,20,21,23). The monoisotopic (exact) mass is 327 g/mol. The van der Waals surface area contributed by atoms with Crippen molar-refractivity contribution in [2.24, 2.45) is 5.10 Å². The van der Waals surface area contributed by atoms with E-state index < -0.39 is 0 Å². The summed E-state index contributed by atoms with van der Waals surface area (Å²) in [4.78, 5) is 0. The van der Waals surface area contributed by atoms with Crippen molar-refractivity contribution >= 4 is 23.5 Å². The minimum Gasteiger partial charge on any atom is -0.489 e. The van der Waals surface area contributed by atoms with Gasteiger partial charge >= 0.3 is 0 Å². The Morgan fingerprint density at radius 2 is 1.83 bits per heavy atom. The summed E-state index contributed by atoms with van der Waals surface area (Å²) in [6.45, 7) is 4.60. The minimum absolute atomic E-state index is 0.284. The molecule has 0 atom stereocenters. The van der Waals surface area contributed by atoms with Crippen LogP contribution in [0.25, 0.3) is 0 Å². The third-order valence-corrected chi connectivity index (χ3v) is 3.14. The normalized spacial score (nSPS) is 10.7. The zero-order chi connectivity index (χ0) is 16.5. The molecule has 2 aromatic carbocycles. The lowest BCUT2D eigenvalue weighted by Crippen LogP contribution is -2.36. The molecule has 0 unspecified atom stereocenters. The Hall–Kier alpha value is -2.40. The first-order valence-corrected chi connectivity index (χ1v) is 7.90. The fraction of sp³-hybridized carbons (Fsp3) is 0.222. The van der Waals surface area contributed by atoms with E-state index in [2.05, 4.69) is 15.8 Å². The largest absolute Gasteiger partial charge is 0.489 e. The van der Waals surface area contributed by atoms with Gasteiger partial charge in [0.2, 0.25) is 0 Å². The van der Waals surface area contributed by atoms with Gasteiger partial charge in [-0.2, -0.15) is 5.10 Å². The Labute approximate surface area is 142 Å². The van der Waals surface area contributed by atoms with Gasteiger partial charge in [-0.05, 0) is 61.5 Å². The molecule has 2 rings (SSSR count). The smallest absolute Gasteiger partial charge is 0.187 e. The van der Waals surface area contributed by atoms with E-state index in [1.807, 2.05) is 68.4 Å². The van der Waals surface area contributed by atoms with Crippen LogP contribution in [0.15, 0.2) is 59.7 Å². The van der Waals surface area contributed by atoms with Crippen molar-refractivity contribution in [3.05, 3.63) is 65.7 Å². The third kappa shape index (κ3) is 6.48. The number of nitrogens with zero attached hydrogens (tertiary/aromatic N) is 1. The lowest BCUT2D eigenvalue weighted by atomic mass is 10.2. The van der Waals surface area contributed by atoms with E-state index in [1.165, 1.54) is 0 Å². The van der Waals surface area contributed by atoms with Gasteiger partial charge in [0.15, 0.2) is 5.11 Å². The van der Waals surface area contributed by atoms with Crippen molar-refractivity contribution < 1.29 is 4.74 Å². The molecule has 0 aromatic heterocycles. The molecule has 0 bridgehead atoms. The summed E-state index contributed by atoms with van der Waals surface area (Å²) in [5.74, 6) is 0.830. The van der Waals surface area contributed by atoms with Gasteiger partial charge in [-0.3, -0.25) is 5.43 Å². The van der Waals surface area contributed by atoms with Gasteiger partial charge in [-0.1, -0.05) is 30.3 Å². The maximum atomic E-state index is 5.74. The molecule has 0 amide bonds. The Balaban J connectivity index is 1.81. The van der Waals surface area contributed by atoms with Crippen molar-refractivity contribution in [3.63, 3.8) is 0 Å². The first kappa shape index (κ1) is 17.0. The average Bonchev–Trinajstić information content (AvgIpc) is 2.54. The SMILES string of the molecule is CC(C)NC(=S)NN=Cc1ccc(OCc2ccccc2)cc1. The summed E-state index contributed by atoms with van der Waals surface area (Å²) in [6, 6.07) is 18.1. The second-order valence-electron chi connectivity index (χ2n) is 5.34. The molecular formula is C18H21N3OS. The van der Waals surface area contributed by atoms with Crippen LogP contribution in [0.3, 0.4) is 0 Å². The topological polar surface area (TPSA) is 45.7 Å². The summed E-state index contributed by atoms with van der Waals surface area (Å²) in [6.07, 6.45) is 1.72. The lowest BCUT2D eigenvalue weighted by Gasteiger charge is -2.09. The summed E-state index contributed by atoms with van der Waals surface area (Å²) in [7, 11) is 0. The molecule has 2 N–H and O–H groups in total. The second kappa shape index (κ2) is 8.90. The number of hydrogen-bond acceptors (Lipinski definition) is 3. The Bertz CT molecular complexity index is 639. The van der Waals surface area contributed by atoms with Gasteiger partial charge in [0.1, 0.15) is 12.4 Å². The molecule has 0 saturated heterocycles. The van der Waals surface area contributed by atoms with Crippen molar-refractivity contribution in [1.82, 2.24) is 10.7 Å². The number of hydrazone groups is 1. The van der Waals surface area contributed by atoms with E-state index in [9.17, 15) is 0 Å². The van der Waals surface area contributed by atoms with Crippen molar-refractivity contribution in [3.8, 4) is 5.75 Å². The van der Waals surface area contributed by atoms with Crippen LogP contribution in [0.4, 0.5) is 0 Å². The highest BCUT2D eigenvalue weighted by molar-refractivity contribution is 7.80. The predicted octanol–water partition coefficient (Wildman–Crippen LogP) is 3.47. The minimum atomic E-state index is 0.284. The highest BCUT2D eigenvalue weighted by Gasteiger charge is 1.97. The zero-order valence-electron chi connectivity index (χ0n) is 13.3. The van der Waals surface area contributed by atoms with E-state index in [-0.39, 0.29) is 6.04 Å². The molecule has 0 heterocycles. The Morgan fingerprint density at radius 1 is 1.13 bits per heavy atom. The molecule has 0 aliphatic heterocycles. The molecule has 0 fully saturated rings. The Kier molecular flexibility index (Phi) is 6.56. The first-order valence-electron chi connectivity index (χ1n) is 7.50. The van der Waals surface area contributed by atoms with Crippen LogP contribution in [0.2, 0.25) is 0 Å². The maximum absolute atomic E-state index is 5.74. The van der Waals surface area contributed by atoms with Crippen LogP contribution in [0.5, 0.6) is 5.75 Å². The average molecular weight is 327 g/mol. The fourth-order valence-electron chi connectivity index (χ4n) is 1.85. The van der Waals surface area contributed by atoms with E-state index in [4.69, 9.17) is 17.0 Å². The van der Waals surface area contributed by atoms with Gasteiger partial charge in [0.25, 0.3) is 0 Å². The van der Waals surface area contributed by atoms with E-state index in [1.54, 1.807) is 6.21 Å². The molecule has 2 aromatic rings. The number of thiocarbonyl (C=S) groups is 1. The van der Waals surface area contributed by atoms with Gasteiger partial charge < -0.3 is 10.1 Å². The molecular weight excluding hydrogens is 306 g/mol. The van der Waals surface area contributed by atoms with E-state index in [0.717, 1.165) is 16.9 Å². The van der Waals surface area contributed by atoms with Gasteiger partial charge in [0, 0.05) is 6.04 Å². The first-order chi connectivity index (χ1) is 11.1. The van der Waals surface area contributed by atoms with Gasteiger partial charge in [-0.25, -0.2) is 0 Å². The van der Waals surface area contributed by atoms with Gasteiger partial charge in [0.05, 0.1) is 6.21 Å². The molecule has 0 saturated carbocycles. The third-order valence-electron chi connectivity index (χ3n) is 2.93. The number of benzene rings is 2. The maximum Gasteiger partial charge on any atom is 0.187 e. The molecule has 0 aliphatic rings. The highest BCUT2D eigenvalue weighted by atomic mass is 32.1. The number of ether oxygens (including phenoxy) is 1. The summed E-state index contributed by atoms with van der Waals surface area (Å²) in [5, 5.41) is 7.67. The molecule has 120 valence electrons. The number of rotatable bonds is 6. The molecule has 4 nitrogen and oxygen atoms in total. The zero-order valence-corrected chi connectivity index (χ0v) is 14.1.